The van der Waals surface area contributed by atoms with Crippen LogP contribution < -0.4 is 0 Å². The van der Waals surface area contributed by atoms with Crippen LogP contribution in [0.25, 0.3) is 32.0 Å². The summed E-state index contributed by atoms with van der Waals surface area (Å²) >= 11 is 5.38. The summed E-state index contributed by atoms with van der Waals surface area (Å²) in [6.45, 7) is 0. The number of benzene rings is 3. The lowest BCUT2D eigenvalue weighted by Gasteiger charge is -2.04. The lowest BCUT2D eigenvalue weighted by molar-refractivity contribution is 1.62. The zero-order valence-electron chi connectivity index (χ0n) is 12.9. The molecule has 0 unspecified atom stereocenters. The van der Waals surface area contributed by atoms with E-state index in [4.69, 9.17) is 0 Å². The molecule has 0 fully saturated rings. The second-order valence-corrected chi connectivity index (χ2v) is 7.56. The standard InChI is InChI=1S/C22H15BrS/c23-19-13-11-18(12-14-19)22-20(16-7-3-1-4-8-16)15-21(24-22)17-9-5-2-6-10-17/h1-15H. The van der Waals surface area contributed by atoms with Crippen molar-refractivity contribution >= 4 is 27.3 Å². The number of rotatable bonds is 3. The van der Waals surface area contributed by atoms with Crippen molar-refractivity contribution in [2.45, 2.75) is 0 Å². The monoisotopic (exact) mass is 390 g/mol. The third-order valence-electron chi connectivity index (χ3n) is 3.98. The van der Waals surface area contributed by atoms with Crippen LogP contribution in [-0.4, -0.2) is 0 Å². The molecule has 24 heavy (non-hydrogen) atoms. The van der Waals surface area contributed by atoms with Crippen molar-refractivity contribution in [3.05, 3.63) is 95.5 Å². The van der Waals surface area contributed by atoms with Gasteiger partial charge in [-0.05, 0) is 34.9 Å². The fourth-order valence-electron chi connectivity index (χ4n) is 2.78. The zero-order chi connectivity index (χ0) is 16.4. The van der Waals surface area contributed by atoms with E-state index in [0.29, 0.717) is 0 Å². The van der Waals surface area contributed by atoms with Crippen LogP contribution in [-0.2, 0) is 0 Å². The highest BCUT2D eigenvalue weighted by atomic mass is 79.9. The highest BCUT2D eigenvalue weighted by Gasteiger charge is 2.13. The van der Waals surface area contributed by atoms with Crippen molar-refractivity contribution in [2.75, 3.05) is 0 Å². The van der Waals surface area contributed by atoms with Crippen LogP contribution in [0.1, 0.15) is 0 Å². The van der Waals surface area contributed by atoms with Crippen LogP contribution in [0.5, 0.6) is 0 Å². The molecule has 1 aromatic heterocycles. The quantitative estimate of drug-likeness (QED) is 0.339. The topological polar surface area (TPSA) is 0 Å². The zero-order valence-corrected chi connectivity index (χ0v) is 15.3. The van der Waals surface area contributed by atoms with Gasteiger partial charge in [-0.2, -0.15) is 0 Å². The Labute approximate surface area is 154 Å². The van der Waals surface area contributed by atoms with Crippen molar-refractivity contribution in [1.82, 2.24) is 0 Å². The molecule has 0 aliphatic heterocycles. The van der Waals surface area contributed by atoms with Gasteiger partial charge in [0, 0.05) is 19.8 Å². The normalized spacial score (nSPS) is 10.7. The molecule has 0 saturated carbocycles. The minimum atomic E-state index is 1.10. The summed E-state index contributed by atoms with van der Waals surface area (Å²) in [7, 11) is 0. The molecule has 2 heteroatoms. The van der Waals surface area contributed by atoms with E-state index in [0.717, 1.165) is 4.47 Å². The van der Waals surface area contributed by atoms with Crippen molar-refractivity contribution in [1.29, 1.82) is 0 Å². The van der Waals surface area contributed by atoms with Crippen LogP contribution >= 0.6 is 27.3 Å². The van der Waals surface area contributed by atoms with Crippen molar-refractivity contribution in [3.63, 3.8) is 0 Å². The maximum atomic E-state index is 3.53. The summed E-state index contributed by atoms with van der Waals surface area (Å²) in [6.07, 6.45) is 0. The molecule has 0 radical (unpaired) electrons. The summed E-state index contributed by atoms with van der Waals surface area (Å²) < 4.78 is 1.10. The molecule has 0 nitrogen and oxygen atoms in total. The van der Waals surface area contributed by atoms with Gasteiger partial charge < -0.3 is 0 Å². The van der Waals surface area contributed by atoms with Gasteiger partial charge in [-0.3, -0.25) is 0 Å². The predicted molar refractivity (Wildman–Crippen MR) is 108 cm³/mol. The number of thiophene rings is 1. The summed E-state index contributed by atoms with van der Waals surface area (Å²) in [4.78, 5) is 2.61. The Balaban J connectivity index is 1.90. The summed E-state index contributed by atoms with van der Waals surface area (Å²) in [5.41, 5.74) is 5.07. The van der Waals surface area contributed by atoms with Crippen LogP contribution in [0.2, 0.25) is 0 Å². The van der Waals surface area contributed by atoms with Crippen molar-refractivity contribution in [2.24, 2.45) is 0 Å². The molecule has 3 aromatic carbocycles. The van der Waals surface area contributed by atoms with Crippen LogP contribution in [0, 0.1) is 0 Å². The largest absolute Gasteiger partial charge is 0.135 e. The first kappa shape index (κ1) is 15.4. The lowest BCUT2D eigenvalue weighted by Crippen LogP contribution is -1.78. The average Bonchev–Trinajstić information content (AvgIpc) is 3.09. The Bertz CT molecular complexity index is 938. The molecule has 116 valence electrons. The molecule has 0 spiro atoms. The Hall–Kier alpha value is -2.16. The second kappa shape index (κ2) is 6.76. The lowest BCUT2D eigenvalue weighted by atomic mass is 10.0. The molecule has 4 aromatic rings. The Morgan fingerprint density at radius 3 is 1.79 bits per heavy atom. The highest BCUT2D eigenvalue weighted by molar-refractivity contribution is 9.10. The van der Waals surface area contributed by atoms with E-state index in [2.05, 4.69) is 107 Å². The van der Waals surface area contributed by atoms with Gasteiger partial charge >= 0.3 is 0 Å². The van der Waals surface area contributed by atoms with E-state index in [1.165, 1.54) is 32.0 Å². The molecule has 0 aliphatic rings. The molecule has 4 rings (SSSR count). The minimum absolute atomic E-state index is 1.10. The Morgan fingerprint density at radius 1 is 0.583 bits per heavy atom. The summed E-state index contributed by atoms with van der Waals surface area (Å²) in [5, 5.41) is 0. The van der Waals surface area contributed by atoms with Crippen molar-refractivity contribution < 1.29 is 0 Å². The van der Waals surface area contributed by atoms with E-state index >= 15 is 0 Å². The van der Waals surface area contributed by atoms with E-state index < -0.39 is 0 Å². The molecule has 0 saturated heterocycles. The van der Waals surface area contributed by atoms with Crippen LogP contribution in [0.15, 0.2) is 95.5 Å². The molecule has 0 atom stereocenters. The summed E-state index contributed by atoms with van der Waals surface area (Å²) in [5.74, 6) is 0. The maximum Gasteiger partial charge on any atom is 0.0427 e. The molecule has 0 N–H and O–H groups in total. The smallest absolute Gasteiger partial charge is 0.0427 e. The number of hydrogen-bond donors (Lipinski definition) is 0. The van der Waals surface area contributed by atoms with Gasteiger partial charge in [0.25, 0.3) is 0 Å². The third kappa shape index (κ3) is 3.08. The number of halogens is 1. The van der Waals surface area contributed by atoms with E-state index in [9.17, 15) is 0 Å². The first-order valence-electron chi connectivity index (χ1n) is 7.82. The molecular weight excluding hydrogens is 376 g/mol. The first-order valence-corrected chi connectivity index (χ1v) is 9.43. The van der Waals surface area contributed by atoms with Gasteiger partial charge in [0.2, 0.25) is 0 Å². The fourth-order valence-corrected chi connectivity index (χ4v) is 4.24. The van der Waals surface area contributed by atoms with Gasteiger partial charge in [0.15, 0.2) is 0 Å². The third-order valence-corrected chi connectivity index (χ3v) is 5.74. The maximum absolute atomic E-state index is 3.53. The average molecular weight is 391 g/mol. The SMILES string of the molecule is Brc1ccc(-c2sc(-c3ccccc3)cc2-c2ccccc2)cc1. The fraction of sp³-hybridized carbons (Fsp3) is 0. The van der Waals surface area contributed by atoms with E-state index in [1.54, 1.807) is 0 Å². The molecule has 0 bridgehead atoms. The first-order chi connectivity index (χ1) is 11.8. The van der Waals surface area contributed by atoms with E-state index in [1.807, 2.05) is 11.3 Å². The van der Waals surface area contributed by atoms with Gasteiger partial charge in [-0.25, -0.2) is 0 Å². The van der Waals surface area contributed by atoms with Gasteiger partial charge in [0.1, 0.15) is 0 Å². The second-order valence-electron chi connectivity index (χ2n) is 5.59. The summed E-state index contributed by atoms with van der Waals surface area (Å²) in [6, 6.07) is 32.1. The Kier molecular flexibility index (Phi) is 4.33. The van der Waals surface area contributed by atoms with Gasteiger partial charge in [0.05, 0.1) is 0 Å². The highest BCUT2D eigenvalue weighted by Crippen LogP contribution is 2.43. The van der Waals surface area contributed by atoms with Crippen LogP contribution in [0.4, 0.5) is 0 Å². The Morgan fingerprint density at radius 2 is 1.17 bits per heavy atom. The van der Waals surface area contributed by atoms with Crippen molar-refractivity contribution in [3.8, 4) is 32.0 Å². The number of hydrogen-bond acceptors (Lipinski definition) is 1. The van der Waals surface area contributed by atoms with Gasteiger partial charge in [-0.1, -0.05) is 88.7 Å². The predicted octanol–water partition coefficient (Wildman–Crippen LogP) is 7.51. The molecular formula is C22H15BrS. The molecule has 0 amide bonds. The molecule has 0 aliphatic carbocycles. The van der Waals surface area contributed by atoms with Gasteiger partial charge in [-0.15, -0.1) is 11.3 Å². The molecule has 1 heterocycles. The minimum Gasteiger partial charge on any atom is -0.135 e. The van der Waals surface area contributed by atoms with E-state index in [-0.39, 0.29) is 0 Å². The van der Waals surface area contributed by atoms with Crippen LogP contribution in [0.3, 0.4) is 0 Å².